The molecule has 10 nitrogen and oxygen atoms in total. The summed E-state index contributed by atoms with van der Waals surface area (Å²) in [5.41, 5.74) is 3.12. The molecule has 4 aromatic rings. The summed E-state index contributed by atoms with van der Waals surface area (Å²) in [4.78, 5) is 36.8. The highest BCUT2D eigenvalue weighted by Gasteiger charge is 2.24. The van der Waals surface area contributed by atoms with Crippen LogP contribution in [0.4, 0.5) is 0 Å². The molecule has 0 atom stereocenters. The average molecular weight is 447 g/mol. The van der Waals surface area contributed by atoms with Gasteiger partial charge in [0.15, 0.2) is 5.82 Å². The zero-order valence-corrected chi connectivity index (χ0v) is 18.7. The van der Waals surface area contributed by atoms with E-state index in [2.05, 4.69) is 25.1 Å². The number of rotatable bonds is 5. The molecule has 1 saturated heterocycles. The molecule has 0 aliphatic carbocycles. The van der Waals surface area contributed by atoms with Crippen molar-refractivity contribution in [2.45, 2.75) is 20.4 Å². The smallest absolute Gasteiger partial charge is 0.266 e. The molecular formula is C23H26N8O2. The van der Waals surface area contributed by atoms with Gasteiger partial charge in [-0.1, -0.05) is 0 Å². The maximum Gasteiger partial charge on any atom is 0.266 e. The van der Waals surface area contributed by atoms with Crippen LogP contribution in [0.25, 0.3) is 16.9 Å². The van der Waals surface area contributed by atoms with E-state index >= 15 is 0 Å². The fourth-order valence-electron chi connectivity index (χ4n) is 4.29. The van der Waals surface area contributed by atoms with Crippen LogP contribution >= 0.6 is 0 Å². The van der Waals surface area contributed by atoms with Crippen molar-refractivity contribution in [3.05, 3.63) is 70.0 Å². The fourth-order valence-corrected chi connectivity index (χ4v) is 4.29. The Morgan fingerprint density at radius 3 is 2.64 bits per heavy atom. The number of amides is 1. The van der Waals surface area contributed by atoms with Crippen LogP contribution in [0, 0.1) is 13.8 Å². The summed E-state index contributed by atoms with van der Waals surface area (Å²) in [6.45, 7) is 7.83. The maximum absolute atomic E-state index is 13.0. The number of aromatic nitrogens is 6. The van der Waals surface area contributed by atoms with E-state index in [4.69, 9.17) is 0 Å². The molecule has 1 amide bonds. The van der Waals surface area contributed by atoms with Crippen molar-refractivity contribution in [2.24, 2.45) is 0 Å². The molecule has 1 aliphatic heterocycles. The third-order valence-electron chi connectivity index (χ3n) is 6.05. The van der Waals surface area contributed by atoms with Gasteiger partial charge in [0.05, 0.1) is 17.8 Å². The minimum Gasteiger partial charge on any atom is -0.345 e. The van der Waals surface area contributed by atoms with Crippen molar-refractivity contribution >= 4 is 16.9 Å². The van der Waals surface area contributed by atoms with Gasteiger partial charge in [-0.15, -0.1) is 5.10 Å². The highest BCUT2D eigenvalue weighted by molar-refractivity contribution is 6.05. The number of aryl methyl sites for hydroxylation is 2. The number of carbonyl (C=O) groups excluding carboxylic acids is 1. The monoisotopic (exact) mass is 446 g/mol. The van der Waals surface area contributed by atoms with Crippen molar-refractivity contribution in [3.8, 4) is 5.82 Å². The van der Waals surface area contributed by atoms with Crippen LogP contribution in [0.15, 0.2) is 47.5 Å². The van der Waals surface area contributed by atoms with Crippen molar-refractivity contribution in [3.63, 3.8) is 0 Å². The molecule has 1 aliphatic rings. The molecule has 10 heteroatoms. The quantitative estimate of drug-likeness (QED) is 0.497. The van der Waals surface area contributed by atoms with E-state index in [9.17, 15) is 9.59 Å². The number of aromatic amines is 1. The Hall–Kier alpha value is -3.79. The second-order valence-electron chi connectivity index (χ2n) is 8.33. The van der Waals surface area contributed by atoms with Gasteiger partial charge < -0.3 is 9.88 Å². The third kappa shape index (κ3) is 4.17. The van der Waals surface area contributed by atoms with Gasteiger partial charge in [-0.25, -0.2) is 14.3 Å². The largest absolute Gasteiger partial charge is 0.345 e. The van der Waals surface area contributed by atoms with Gasteiger partial charge in [-0.2, -0.15) is 5.10 Å². The predicted molar refractivity (Wildman–Crippen MR) is 124 cm³/mol. The molecule has 170 valence electrons. The number of hydrogen-bond acceptors (Lipinski definition) is 6. The first-order valence-electron chi connectivity index (χ1n) is 11.0. The van der Waals surface area contributed by atoms with E-state index in [0.717, 1.165) is 35.5 Å². The van der Waals surface area contributed by atoms with E-state index in [-0.39, 0.29) is 11.5 Å². The van der Waals surface area contributed by atoms with Gasteiger partial charge in [0.2, 0.25) is 0 Å². The standard InChI is InChI=1S/C23H26N8O2/c1-16-14-17(2)31(26-16)20-5-6-21(32)30(27-20)13-10-28-8-11-29(12-9-28)23(33)19-15-25-22-18(19)4-3-7-24-22/h3-7,14-15H,8-13H2,1-2H3,(H,24,25). The van der Waals surface area contributed by atoms with Gasteiger partial charge in [0.25, 0.3) is 11.5 Å². The Morgan fingerprint density at radius 2 is 1.88 bits per heavy atom. The molecule has 5 rings (SSSR count). The highest BCUT2D eigenvalue weighted by Crippen LogP contribution is 2.18. The third-order valence-corrected chi connectivity index (χ3v) is 6.05. The molecule has 0 unspecified atom stereocenters. The first-order valence-corrected chi connectivity index (χ1v) is 11.0. The number of hydrogen-bond donors (Lipinski definition) is 1. The van der Waals surface area contributed by atoms with E-state index < -0.39 is 0 Å². The van der Waals surface area contributed by atoms with E-state index in [1.165, 1.54) is 10.7 Å². The SMILES string of the molecule is Cc1cc(C)n(-c2ccc(=O)n(CCN3CCN(C(=O)c4c[nH]c5ncccc45)CC3)n2)n1. The van der Waals surface area contributed by atoms with Crippen LogP contribution in [0.2, 0.25) is 0 Å². The summed E-state index contributed by atoms with van der Waals surface area (Å²) in [7, 11) is 0. The van der Waals surface area contributed by atoms with Crippen LogP contribution in [0.5, 0.6) is 0 Å². The number of carbonyl (C=O) groups is 1. The van der Waals surface area contributed by atoms with Crippen LogP contribution < -0.4 is 5.56 Å². The minimum absolute atomic E-state index is 0.0179. The Kier molecular flexibility index (Phi) is 5.51. The summed E-state index contributed by atoms with van der Waals surface area (Å²) in [6.07, 6.45) is 3.44. The predicted octanol–water partition coefficient (Wildman–Crippen LogP) is 1.38. The van der Waals surface area contributed by atoms with Gasteiger partial charge in [0, 0.05) is 62.3 Å². The van der Waals surface area contributed by atoms with Gasteiger partial charge in [-0.3, -0.25) is 14.5 Å². The molecule has 0 radical (unpaired) electrons. The zero-order valence-electron chi connectivity index (χ0n) is 18.7. The van der Waals surface area contributed by atoms with Crippen molar-refractivity contribution in [1.82, 2.24) is 39.3 Å². The molecule has 1 N–H and O–H groups in total. The lowest BCUT2D eigenvalue weighted by Gasteiger charge is -2.34. The molecule has 0 spiro atoms. The molecule has 0 bridgehead atoms. The molecule has 33 heavy (non-hydrogen) atoms. The lowest BCUT2D eigenvalue weighted by Crippen LogP contribution is -2.49. The Labute approximate surface area is 190 Å². The summed E-state index contributed by atoms with van der Waals surface area (Å²) in [5, 5.41) is 9.81. The summed E-state index contributed by atoms with van der Waals surface area (Å²) >= 11 is 0. The number of nitrogens with one attached hydrogen (secondary N) is 1. The summed E-state index contributed by atoms with van der Waals surface area (Å²) in [6, 6.07) is 8.96. The first kappa shape index (κ1) is 21.1. The Bertz CT molecular complexity index is 1360. The normalized spacial score (nSPS) is 14.8. The van der Waals surface area contributed by atoms with Crippen LogP contribution in [-0.4, -0.2) is 78.0 Å². The van der Waals surface area contributed by atoms with Gasteiger partial charge in [-0.05, 0) is 38.1 Å². The fraction of sp³-hybridized carbons (Fsp3) is 0.348. The maximum atomic E-state index is 13.0. The number of H-pyrrole nitrogens is 1. The summed E-state index contributed by atoms with van der Waals surface area (Å²) in [5.74, 6) is 0.646. The number of fused-ring (bicyclic) bond motifs is 1. The number of pyridine rings is 1. The van der Waals surface area contributed by atoms with Crippen molar-refractivity contribution < 1.29 is 4.79 Å². The van der Waals surface area contributed by atoms with Gasteiger partial charge >= 0.3 is 0 Å². The topological polar surface area (TPSA) is 105 Å². The van der Waals surface area contributed by atoms with Crippen molar-refractivity contribution in [2.75, 3.05) is 32.7 Å². The van der Waals surface area contributed by atoms with E-state index in [1.54, 1.807) is 23.1 Å². The summed E-state index contributed by atoms with van der Waals surface area (Å²) < 4.78 is 3.23. The molecule has 4 aromatic heterocycles. The second-order valence-corrected chi connectivity index (χ2v) is 8.33. The minimum atomic E-state index is -0.137. The molecular weight excluding hydrogens is 420 g/mol. The molecule has 1 fully saturated rings. The molecule has 0 aromatic carbocycles. The lowest BCUT2D eigenvalue weighted by atomic mass is 10.2. The molecule has 5 heterocycles. The zero-order chi connectivity index (χ0) is 22.9. The molecule has 0 saturated carbocycles. The van der Waals surface area contributed by atoms with Gasteiger partial charge in [0.1, 0.15) is 5.65 Å². The Balaban J connectivity index is 1.21. The van der Waals surface area contributed by atoms with Crippen LogP contribution in [0.1, 0.15) is 21.7 Å². The number of nitrogens with zero attached hydrogens (tertiary/aromatic N) is 7. The highest BCUT2D eigenvalue weighted by atomic mass is 16.2. The van der Waals surface area contributed by atoms with Crippen LogP contribution in [0.3, 0.4) is 0 Å². The second kappa shape index (κ2) is 8.62. The van der Waals surface area contributed by atoms with Crippen molar-refractivity contribution in [1.29, 1.82) is 0 Å². The average Bonchev–Trinajstić information content (AvgIpc) is 3.41. The Morgan fingerprint density at radius 1 is 1.06 bits per heavy atom. The number of piperazine rings is 1. The van der Waals surface area contributed by atoms with E-state index in [0.29, 0.717) is 37.6 Å². The lowest BCUT2D eigenvalue weighted by molar-refractivity contribution is 0.0633. The first-order chi connectivity index (χ1) is 16.0. The van der Waals surface area contributed by atoms with Crippen LogP contribution in [-0.2, 0) is 6.54 Å². The van der Waals surface area contributed by atoms with E-state index in [1.807, 2.05) is 36.9 Å².